The molecule has 0 radical (unpaired) electrons. The molecule has 1 N–H and O–H groups in total. The molecule has 0 spiro atoms. The zero-order valence-electron chi connectivity index (χ0n) is 18.3. The Hall–Kier alpha value is -3.49. The van der Waals surface area contributed by atoms with Gasteiger partial charge < -0.3 is 9.84 Å². The van der Waals surface area contributed by atoms with E-state index in [-0.39, 0.29) is 11.3 Å². The molecule has 6 nitrogen and oxygen atoms in total. The molecular weight excluding hydrogens is 516 g/mol. The van der Waals surface area contributed by atoms with E-state index in [1.807, 2.05) is 49.4 Å². The number of fused-ring (bicyclic) bond motifs is 1. The summed E-state index contributed by atoms with van der Waals surface area (Å²) in [7, 11) is 1.52. The number of hydrogen-bond donors (Lipinski definition) is 1. The van der Waals surface area contributed by atoms with E-state index >= 15 is 0 Å². The number of nitrogens with zero attached hydrogens (tertiary/aromatic N) is 2. The largest absolute Gasteiger partial charge is 0.507 e. The Kier molecular flexibility index (Phi) is 5.71. The molecular formula is C26H19BrN2O4S. The van der Waals surface area contributed by atoms with Crippen LogP contribution < -0.4 is 9.64 Å². The van der Waals surface area contributed by atoms with Crippen LogP contribution in [0, 0.1) is 6.92 Å². The van der Waals surface area contributed by atoms with Gasteiger partial charge in [0.2, 0.25) is 0 Å². The lowest BCUT2D eigenvalue weighted by molar-refractivity contribution is -0.132. The van der Waals surface area contributed by atoms with Crippen molar-refractivity contribution in [2.45, 2.75) is 13.0 Å². The van der Waals surface area contributed by atoms with E-state index in [4.69, 9.17) is 4.74 Å². The minimum absolute atomic E-state index is 0.0102. The highest BCUT2D eigenvalue weighted by atomic mass is 79.9. The summed E-state index contributed by atoms with van der Waals surface area (Å²) < 4.78 is 7.04. The van der Waals surface area contributed by atoms with Crippen LogP contribution in [-0.4, -0.2) is 28.9 Å². The van der Waals surface area contributed by atoms with Crippen LogP contribution >= 0.6 is 27.3 Å². The number of ether oxygens (including phenoxy) is 1. The molecule has 5 rings (SSSR count). The molecule has 0 aliphatic carbocycles. The van der Waals surface area contributed by atoms with Crippen LogP contribution in [0.1, 0.15) is 22.7 Å². The van der Waals surface area contributed by atoms with Gasteiger partial charge in [-0.05, 0) is 54.4 Å². The summed E-state index contributed by atoms with van der Waals surface area (Å²) in [6.45, 7) is 1.99. The first-order chi connectivity index (χ1) is 16.4. The molecule has 1 aliphatic rings. The first-order valence-electron chi connectivity index (χ1n) is 10.5. The fourth-order valence-corrected chi connectivity index (χ4v) is 5.39. The van der Waals surface area contributed by atoms with Crippen molar-refractivity contribution in [3.05, 3.63) is 93.5 Å². The van der Waals surface area contributed by atoms with Crippen molar-refractivity contribution < 1.29 is 19.4 Å². The number of ketones is 1. The van der Waals surface area contributed by atoms with Crippen molar-refractivity contribution in [3.8, 4) is 5.75 Å². The van der Waals surface area contributed by atoms with Crippen LogP contribution in [0.5, 0.6) is 5.75 Å². The highest BCUT2D eigenvalue weighted by Crippen LogP contribution is 2.44. The summed E-state index contributed by atoms with van der Waals surface area (Å²) in [6, 6.07) is 19.1. The molecule has 8 heteroatoms. The lowest BCUT2D eigenvalue weighted by atomic mass is 9.95. The lowest BCUT2D eigenvalue weighted by Gasteiger charge is -2.23. The van der Waals surface area contributed by atoms with E-state index in [1.165, 1.54) is 23.3 Å². The summed E-state index contributed by atoms with van der Waals surface area (Å²) in [4.78, 5) is 32.7. The molecule has 0 bridgehead atoms. The van der Waals surface area contributed by atoms with E-state index in [0.717, 1.165) is 20.3 Å². The van der Waals surface area contributed by atoms with Crippen molar-refractivity contribution >= 4 is 60.1 Å². The van der Waals surface area contributed by atoms with Crippen molar-refractivity contribution in [1.82, 2.24) is 4.98 Å². The maximum Gasteiger partial charge on any atom is 0.301 e. The van der Waals surface area contributed by atoms with Crippen LogP contribution in [0.15, 0.2) is 76.8 Å². The van der Waals surface area contributed by atoms with E-state index in [2.05, 4.69) is 20.9 Å². The Labute approximate surface area is 208 Å². The van der Waals surface area contributed by atoms with Crippen molar-refractivity contribution in [2.24, 2.45) is 0 Å². The SMILES string of the molecule is COc1cccc(/C(O)=C2\C(=O)C(=O)N(c3nc4ccc(C)cc4s3)C2c2ccc(Br)cc2)c1. The molecule has 3 aromatic carbocycles. The zero-order valence-corrected chi connectivity index (χ0v) is 20.7. The summed E-state index contributed by atoms with van der Waals surface area (Å²) in [5, 5.41) is 11.7. The predicted octanol–water partition coefficient (Wildman–Crippen LogP) is 6.00. The van der Waals surface area contributed by atoms with Crippen molar-refractivity contribution in [3.63, 3.8) is 0 Å². The summed E-state index contributed by atoms with van der Waals surface area (Å²) >= 11 is 4.77. The number of benzene rings is 3. The number of carbonyl (C=O) groups excluding carboxylic acids is 2. The number of aliphatic hydroxyl groups is 1. The second kappa shape index (κ2) is 8.70. The third-order valence-electron chi connectivity index (χ3n) is 5.71. The fraction of sp³-hybridized carbons (Fsp3) is 0.115. The van der Waals surface area contributed by atoms with Gasteiger partial charge in [0.15, 0.2) is 5.13 Å². The number of hydrogen-bond acceptors (Lipinski definition) is 6. The first-order valence-corrected chi connectivity index (χ1v) is 12.1. The molecule has 1 aromatic heterocycles. The number of aryl methyl sites for hydroxylation is 1. The Bertz CT molecular complexity index is 1480. The van der Waals surface area contributed by atoms with Gasteiger partial charge in [-0.15, -0.1) is 0 Å². The third kappa shape index (κ3) is 3.78. The van der Waals surface area contributed by atoms with E-state index in [9.17, 15) is 14.7 Å². The second-order valence-corrected chi connectivity index (χ2v) is 9.84. The van der Waals surface area contributed by atoms with Gasteiger partial charge in [0.1, 0.15) is 11.5 Å². The number of aromatic nitrogens is 1. The number of Topliss-reactive ketones (excluding diaryl/α,β-unsaturated/α-hetero) is 1. The highest BCUT2D eigenvalue weighted by molar-refractivity contribution is 9.10. The average molecular weight is 535 g/mol. The standard InChI is InChI=1S/C26H19BrN2O4S/c1-14-6-11-19-20(12-14)34-26(28-19)29-22(15-7-9-17(27)10-8-15)21(24(31)25(29)32)23(30)16-4-3-5-18(13-16)33-2/h3-13,22,30H,1-2H3/b23-21+. The molecule has 1 unspecified atom stereocenters. The van der Waals surface area contributed by atoms with Gasteiger partial charge in [0.05, 0.1) is 28.9 Å². The van der Waals surface area contributed by atoms with Crippen molar-refractivity contribution in [1.29, 1.82) is 0 Å². The molecule has 1 saturated heterocycles. The Morgan fingerprint density at radius 3 is 2.59 bits per heavy atom. The van der Waals surface area contributed by atoms with E-state index < -0.39 is 17.7 Å². The van der Waals surface area contributed by atoms with E-state index in [0.29, 0.717) is 22.0 Å². The number of carbonyl (C=O) groups is 2. The van der Waals surface area contributed by atoms with Crippen molar-refractivity contribution in [2.75, 3.05) is 12.0 Å². The first kappa shape index (κ1) is 22.3. The molecule has 1 amide bonds. The maximum absolute atomic E-state index is 13.3. The minimum Gasteiger partial charge on any atom is -0.507 e. The number of halogens is 1. The number of methoxy groups -OCH3 is 1. The molecule has 34 heavy (non-hydrogen) atoms. The Morgan fingerprint density at radius 1 is 1.09 bits per heavy atom. The monoisotopic (exact) mass is 534 g/mol. The van der Waals surface area contributed by atoms with Gasteiger partial charge in [-0.3, -0.25) is 14.5 Å². The molecule has 4 aromatic rings. The summed E-state index contributed by atoms with van der Waals surface area (Å²) in [6.07, 6.45) is 0. The second-order valence-electron chi connectivity index (χ2n) is 7.92. The molecule has 170 valence electrons. The van der Waals surface area contributed by atoms with Gasteiger partial charge >= 0.3 is 5.91 Å². The quantitative estimate of drug-likeness (QED) is 0.197. The number of anilines is 1. The van der Waals surface area contributed by atoms with Crippen LogP contribution in [0.25, 0.3) is 16.0 Å². The fourth-order valence-electron chi connectivity index (χ4n) is 4.04. The summed E-state index contributed by atoms with van der Waals surface area (Å²) in [5.41, 5.74) is 2.90. The van der Waals surface area contributed by atoms with Crippen LogP contribution in [0.3, 0.4) is 0 Å². The predicted molar refractivity (Wildman–Crippen MR) is 136 cm³/mol. The molecule has 2 heterocycles. The Morgan fingerprint density at radius 2 is 1.85 bits per heavy atom. The Balaban J connectivity index is 1.73. The minimum atomic E-state index is -0.832. The number of rotatable bonds is 4. The number of amides is 1. The van der Waals surface area contributed by atoms with Gasteiger partial charge in [-0.1, -0.05) is 57.6 Å². The van der Waals surface area contributed by atoms with Gasteiger partial charge in [0, 0.05) is 10.0 Å². The van der Waals surface area contributed by atoms with E-state index in [1.54, 1.807) is 24.3 Å². The topological polar surface area (TPSA) is 79.7 Å². The van der Waals surface area contributed by atoms with Crippen LogP contribution in [0.4, 0.5) is 5.13 Å². The zero-order chi connectivity index (χ0) is 24.0. The smallest absolute Gasteiger partial charge is 0.301 e. The van der Waals surface area contributed by atoms with Crippen LogP contribution in [0.2, 0.25) is 0 Å². The van der Waals surface area contributed by atoms with Gasteiger partial charge in [0.25, 0.3) is 5.78 Å². The van der Waals surface area contributed by atoms with Gasteiger partial charge in [-0.2, -0.15) is 0 Å². The molecule has 1 atom stereocenters. The molecule has 1 aliphatic heterocycles. The number of thiazole rings is 1. The summed E-state index contributed by atoms with van der Waals surface area (Å²) in [5.74, 6) is -1.22. The highest BCUT2D eigenvalue weighted by Gasteiger charge is 2.48. The normalized spacial score (nSPS) is 17.5. The number of aliphatic hydroxyl groups excluding tert-OH is 1. The van der Waals surface area contributed by atoms with Crippen LogP contribution in [-0.2, 0) is 9.59 Å². The maximum atomic E-state index is 13.3. The van der Waals surface area contributed by atoms with Gasteiger partial charge in [-0.25, -0.2) is 4.98 Å². The molecule has 1 fully saturated rings. The third-order valence-corrected chi connectivity index (χ3v) is 7.26. The average Bonchev–Trinajstić information content (AvgIpc) is 3.37. The lowest BCUT2D eigenvalue weighted by Crippen LogP contribution is -2.29. The molecule has 0 saturated carbocycles.